The number of aromatic nitrogens is 6. The van der Waals surface area contributed by atoms with Gasteiger partial charge < -0.3 is 9.72 Å². The van der Waals surface area contributed by atoms with Crippen molar-refractivity contribution < 1.29 is 4.79 Å². The molecule has 1 amide bonds. The van der Waals surface area contributed by atoms with Gasteiger partial charge in [-0.05, 0) is 31.6 Å². The molecule has 0 aromatic carbocycles. The van der Waals surface area contributed by atoms with Crippen molar-refractivity contribution in [3.63, 3.8) is 0 Å². The van der Waals surface area contributed by atoms with Gasteiger partial charge in [0.25, 0.3) is 0 Å². The van der Waals surface area contributed by atoms with Gasteiger partial charge in [-0.3, -0.25) is 9.78 Å². The standard InChI is InChI=1S/C24H20ClN7O/c1-4-5-14(2)10-17-22-26-8-9-32(22)13-18(29-17)21-28-12-16-20(30-21)31-23(33)24(16,3)19-7-6-15(25)11-27-19/h4-9,11-13H,2,10H2,1,3H3,(H,28,30,31,33)/b5-4-. The summed E-state index contributed by atoms with van der Waals surface area (Å²) < 4.78 is 1.89. The molecule has 5 rings (SSSR count). The normalized spacial score (nSPS) is 17.5. The van der Waals surface area contributed by atoms with E-state index in [9.17, 15) is 4.79 Å². The molecule has 33 heavy (non-hydrogen) atoms. The molecule has 0 bridgehead atoms. The number of nitrogens with one attached hydrogen (secondary N) is 1. The quantitative estimate of drug-likeness (QED) is 0.452. The second-order valence-electron chi connectivity index (χ2n) is 7.96. The minimum atomic E-state index is -1.02. The zero-order chi connectivity index (χ0) is 23.2. The number of imidazole rings is 1. The summed E-state index contributed by atoms with van der Waals surface area (Å²) >= 11 is 5.97. The van der Waals surface area contributed by atoms with Crippen LogP contribution in [0, 0.1) is 0 Å². The van der Waals surface area contributed by atoms with E-state index >= 15 is 0 Å². The highest BCUT2D eigenvalue weighted by atomic mass is 35.5. The van der Waals surface area contributed by atoms with Crippen molar-refractivity contribution in [3.05, 3.63) is 89.4 Å². The predicted octanol–water partition coefficient (Wildman–Crippen LogP) is 4.17. The molecule has 8 nitrogen and oxygen atoms in total. The summed E-state index contributed by atoms with van der Waals surface area (Å²) in [6.07, 6.45) is 13.0. The summed E-state index contributed by atoms with van der Waals surface area (Å²) in [5.74, 6) is 0.618. The highest BCUT2D eigenvalue weighted by molar-refractivity contribution is 6.30. The molecule has 9 heteroatoms. The maximum Gasteiger partial charge on any atom is 0.242 e. The van der Waals surface area contributed by atoms with Crippen LogP contribution in [0.3, 0.4) is 0 Å². The van der Waals surface area contributed by atoms with Crippen molar-refractivity contribution in [2.75, 3.05) is 5.32 Å². The zero-order valence-corrected chi connectivity index (χ0v) is 18.8. The molecule has 0 saturated carbocycles. The van der Waals surface area contributed by atoms with E-state index in [0.29, 0.717) is 40.0 Å². The van der Waals surface area contributed by atoms with Gasteiger partial charge in [0.15, 0.2) is 11.5 Å². The van der Waals surface area contributed by atoms with Crippen molar-refractivity contribution in [2.45, 2.75) is 25.7 Å². The molecule has 1 N–H and O–H groups in total. The van der Waals surface area contributed by atoms with Crippen LogP contribution in [0.4, 0.5) is 5.82 Å². The number of carbonyl (C=O) groups is 1. The molecule has 1 unspecified atom stereocenters. The molecule has 0 saturated heterocycles. The molecule has 4 aromatic rings. The molecular formula is C24H20ClN7O. The van der Waals surface area contributed by atoms with E-state index in [1.807, 2.05) is 35.9 Å². The topological polar surface area (TPSA) is 98.0 Å². The lowest BCUT2D eigenvalue weighted by Gasteiger charge is -2.20. The van der Waals surface area contributed by atoms with Crippen LogP contribution < -0.4 is 5.32 Å². The SMILES string of the molecule is C=C(/C=C\C)Cc1nc(-c2ncc3c(n2)NC(=O)C3(C)c2ccc(Cl)cn2)cn2ccnc12. The highest BCUT2D eigenvalue weighted by Gasteiger charge is 2.46. The Hall–Kier alpha value is -3.91. The van der Waals surface area contributed by atoms with Crippen molar-refractivity contribution in [1.29, 1.82) is 0 Å². The number of anilines is 1. The van der Waals surface area contributed by atoms with Crippen molar-refractivity contribution in [2.24, 2.45) is 0 Å². The lowest BCUT2D eigenvalue weighted by atomic mass is 9.81. The Morgan fingerprint density at radius 3 is 2.85 bits per heavy atom. The fraction of sp³-hybridized carbons (Fsp3) is 0.167. The number of allylic oxidation sites excluding steroid dienone is 3. The highest BCUT2D eigenvalue weighted by Crippen LogP contribution is 2.41. The smallest absolute Gasteiger partial charge is 0.242 e. The first-order valence-corrected chi connectivity index (χ1v) is 10.7. The molecule has 4 aromatic heterocycles. The summed E-state index contributed by atoms with van der Waals surface area (Å²) in [7, 11) is 0. The van der Waals surface area contributed by atoms with E-state index in [-0.39, 0.29) is 5.91 Å². The van der Waals surface area contributed by atoms with Gasteiger partial charge in [-0.15, -0.1) is 0 Å². The van der Waals surface area contributed by atoms with E-state index in [1.165, 1.54) is 6.20 Å². The Labute approximate surface area is 195 Å². The second-order valence-corrected chi connectivity index (χ2v) is 8.40. The minimum Gasteiger partial charge on any atom is -0.309 e. The van der Waals surface area contributed by atoms with Gasteiger partial charge >= 0.3 is 0 Å². The first-order valence-electron chi connectivity index (χ1n) is 10.3. The molecule has 1 atom stereocenters. The van der Waals surface area contributed by atoms with Gasteiger partial charge in [-0.1, -0.05) is 30.3 Å². The first-order chi connectivity index (χ1) is 15.9. The number of halogens is 1. The Morgan fingerprint density at radius 1 is 1.24 bits per heavy atom. The molecule has 1 aliphatic rings. The zero-order valence-electron chi connectivity index (χ0n) is 18.1. The number of amides is 1. The van der Waals surface area contributed by atoms with E-state index in [1.54, 1.807) is 31.5 Å². The summed E-state index contributed by atoms with van der Waals surface area (Å²) in [6.45, 7) is 7.83. The average Bonchev–Trinajstić information content (AvgIpc) is 3.37. The Bertz CT molecular complexity index is 1440. The number of carbonyl (C=O) groups excluding carboxylic acids is 1. The molecule has 0 fully saturated rings. The molecule has 0 aliphatic carbocycles. The number of hydrogen-bond acceptors (Lipinski definition) is 6. The van der Waals surface area contributed by atoms with Crippen LogP contribution in [0.25, 0.3) is 17.2 Å². The largest absolute Gasteiger partial charge is 0.309 e. The Kier molecular flexibility index (Phi) is 5.02. The van der Waals surface area contributed by atoms with Gasteiger partial charge in [-0.2, -0.15) is 0 Å². The minimum absolute atomic E-state index is 0.222. The molecule has 0 radical (unpaired) electrons. The Morgan fingerprint density at radius 2 is 2.09 bits per heavy atom. The van der Waals surface area contributed by atoms with E-state index in [2.05, 4.69) is 31.8 Å². The Balaban J connectivity index is 1.58. The monoisotopic (exact) mass is 457 g/mol. The lowest BCUT2D eigenvalue weighted by Crippen LogP contribution is -2.33. The van der Waals surface area contributed by atoms with E-state index in [0.717, 1.165) is 16.9 Å². The predicted molar refractivity (Wildman–Crippen MR) is 126 cm³/mol. The van der Waals surface area contributed by atoms with Crippen LogP contribution in [0.15, 0.2) is 67.4 Å². The maximum atomic E-state index is 13.0. The van der Waals surface area contributed by atoms with Gasteiger partial charge in [0.1, 0.15) is 16.9 Å². The molecule has 1 aliphatic heterocycles. The summed E-state index contributed by atoms with van der Waals surface area (Å²) in [4.78, 5) is 35.7. The van der Waals surface area contributed by atoms with Crippen LogP contribution in [0.1, 0.15) is 30.8 Å². The maximum absolute atomic E-state index is 13.0. The van der Waals surface area contributed by atoms with Gasteiger partial charge in [0.2, 0.25) is 5.91 Å². The molecule has 164 valence electrons. The van der Waals surface area contributed by atoms with Gasteiger partial charge in [0, 0.05) is 43.0 Å². The van der Waals surface area contributed by atoms with Crippen LogP contribution >= 0.6 is 11.6 Å². The van der Waals surface area contributed by atoms with Gasteiger partial charge in [-0.25, -0.2) is 19.9 Å². The third-order valence-corrected chi connectivity index (χ3v) is 5.95. The summed E-state index contributed by atoms with van der Waals surface area (Å²) in [5.41, 5.74) is 3.21. The molecular weight excluding hydrogens is 438 g/mol. The van der Waals surface area contributed by atoms with E-state index < -0.39 is 5.41 Å². The number of fused-ring (bicyclic) bond motifs is 2. The van der Waals surface area contributed by atoms with Crippen molar-refractivity contribution in [3.8, 4) is 11.5 Å². The van der Waals surface area contributed by atoms with Crippen LogP contribution in [-0.4, -0.2) is 35.2 Å². The fourth-order valence-corrected chi connectivity index (χ4v) is 4.09. The third kappa shape index (κ3) is 3.48. The number of pyridine rings is 1. The van der Waals surface area contributed by atoms with Gasteiger partial charge in [0.05, 0.1) is 16.4 Å². The summed E-state index contributed by atoms with van der Waals surface area (Å²) in [5, 5.41) is 3.38. The number of nitrogens with zero attached hydrogens (tertiary/aromatic N) is 6. The van der Waals surface area contributed by atoms with Crippen LogP contribution in [0.5, 0.6) is 0 Å². The van der Waals surface area contributed by atoms with Crippen LogP contribution in [0.2, 0.25) is 5.02 Å². The second kappa shape index (κ2) is 7.90. The number of rotatable bonds is 5. The average molecular weight is 458 g/mol. The van der Waals surface area contributed by atoms with Crippen molar-refractivity contribution >= 4 is 29.0 Å². The lowest BCUT2D eigenvalue weighted by molar-refractivity contribution is -0.119. The number of hydrogen-bond donors (Lipinski definition) is 1. The first kappa shape index (κ1) is 21.0. The molecule has 0 spiro atoms. The molecule has 5 heterocycles. The van der Waals surface area contributed by atoms with Crippen LogP contribution in [-0.2, 0) is 16.6 Å². The van der Waals surface area contributed by atoms with Crippen molar-refractivity contribution in [1.82, 2.24) is 29.3 Å². The third-order valence-electron chi connectivity index (χ3n) is 5.72. The van der Waals surface area contributed by atoms with E-state index in [4.69, 9.17) is 16.6 Å². The fourth-order valence-electron chi connectivity index (χ4n) is 3.98. The summed E-state index contributed by atoms with van der Waals surface area (Å²) in [6, 6.07) is 3.45.